The number of nitrogens with zero attached hydrogens (tertiary/aromatic N) is 2. The van der Waals surface area contributed by atoms with E-state index in [1.165, 1.54) is 26.5 Å². The molecule has 2 aromatic carbocycles. The van der Waals surface area contributed by atoms with E-state index in [2.05, 4.69) is 76.3 Å². The normalized spacial score (nSPS) is 14.7. The van der Waals surface area contributed by atoms with Gasteiger partial charge in [-0.2, -0.15) is 4.57 Å². The number of benzene rings is 2. The molecule has 6 nitrogen and oxygen atoms in total. The van der Waals surface area contributed by atoms with Crippen LogP contribution in [-0.2, 0) is 21.6 Å². The summed E-state index contributed by atoms with van der Waals surface area (Å²) in [6.45, 7) is 0. The van der Waals surface area contributed by atoms with E-state index < -0.39 is 10.4 Å². The average molecular weight is 451 g/mol. The molecule has 0 radical (unpaired) electrons. The monoisotopic (exact) mass is 450 g/mol. The molecule has 0 amide bonds. The lowest BCUT2D eigenvalue weighted by Crippen LogP contribution is -2.32. The predicted molar refractivity (Wildman–Crippen MR) is 116 cm³/mol. The molecule has 3 aromatic rings. The Bertz CT molecular complexity index is 1200. The van der Waals surface area contributed by atoms with Crippen molar-refractivity contribution in [3.63, 3.8) is 0 Å². The number of hydrogen-bond acceptors (Lipinski definition) is 6. The van der Waals surface area contributed by atoms with Crippen LogP contribution in [0.4, 0.5) is 5.69 Å². The fraction of sp³-hybridized carbons (Fsp3) is 0.150. The van der Waals surface area contributed by atoms with Gasteiger partial charge in [-0.3, -0.25) is 4.18 Å². The number of thioether (sulfide) groups is 1. The third kappa shape index (κ3) is 5.09. The maximum atomic E-state index is 9.22. The molecule has 4 rings (SSSR count). The summed E-state index contributed by atoms with van der Waals surface area (Å²) in [5, 5.41) is 3.22. The van der Waals surface area contributed by atoms with Crippen molar-refractivity contribution < 1.29 is 21.7 Å². The van der Waals surface area contributed by atoms with Gasteiger partial charge in [0.05, 0.1) is 17.8 Å². The molecule has 0 bridgehead atoms. The van der Waals surface area contributed by atoms with Crippen LogP contribution in [-0.4, -0.2) is 27.1 Å². The van der Waals surface area contributed by atoms with Gasteiger partial charge in [0, 0.05) is 40.6 Å². The van der Waals surface area contributed by atoms with E-state index in [1.54, 1.807) is 11.8 Å². The molecule has 0 aliphatic carbocycles. The molecule has 1 aliphatic rings. The van der Waals surface area contributed by atoms with Gasteiger partial charge < -0.3 is 9.45 Å². The third-order valence-electron chi connectivity index (χ3n) is 4.42. The van der Waals surface area contributed by atoms with Crippen molar-refractivity contribution >= 4 is 56.4 Å². The summed E-state index contributed by atoms with van der Waals surface area (Å²) in [7, 11) is 0.591. The Labute approximate surface area is 179 Å². The Morgan fingerprint density at radius 3 is 2.55 bits per heavy atom. The van der Waals surface area contributed by atoms with Crippen LogP contribution in [0.5, 0.6) is 0 Å². The largest absolute Gasteiger partial charge is 0.726 e. The summed E-state index contributed by atoms with van der Waals surface area (Å²) in [5.41, 5.74) is 3.57. The zero-order valence-electron chi connectivity index (χ0n) is 16.0. The summed E-state index contributed by atoms with van der Waals surface area (Å²) >= 11 is 7.90. The summed E-state index contributed by atoms with van der Waals surface area (Å²) in [6, 6.07) is 18.8. The molecule has 0 saturated heterocycles. The highest BCUT2D eigenvalue weighted by Crippen LogP contribution is 2.46. The van der Waals surface area contributed by atoms with Crippen molar-refractivity contribution in [3.8, 4) is 0 Å². The Balaban J connectivity index is 0.000000353. The van der Waals surface area contributed by atoms with Crippen LogP contribution in [0.2, 0.25) is 5.02 Å². The molecule has 9 heteroatoms. The highest BCUT2D eigenvalue weighted by molar-refractivity contribution is 8.03. The Morgan fingerprint density at radius 2 is 1.86 bits per heavy atom. The SMILES string of the molecule is CN1/C(=C/c2ccc3ccccc3[n+]2C)Sc2ccc(Cl)cc21.COS(=O)(=O)[O-]. The zero-order chi connectivity index (χ0) is 21.2. The highest BCUT2D eigenvalue weighted by atomic mass is 35.5. The minimum atomic E-state index is -4.41. The number of rotatable bonds is 2. The van der Waals surface area contributed by atoms with Crippen LogP contribution in [0.25, 0.3) is 17.0 Å². The van der Waals surface area contributed by atoms with Crippen LogP contribution in [0.1, 0.15) is 5.69 Å². The van der Waals surface area contributed by atoms with Crippen LogP contribution in [0.15, 0.2) is 64.5 Å². The first-order valence-corrected chi connectivity index (χ1v) is 11.0. The molecule has 1 aliphatic heterocycles. The second-order valence-corrected chi connectivity index (χ2v) is 8.86. The summed E-state index contributed by atoms with van der Waals surface area (Å²) in [4.78, 5) is 3.44. The first kappa shape index (κ1) is 21.6. The predicted octanol–water partition coefficient (Wildman–Crippen LogP) is 3.95. The standard InChI is InChI=1S/C19H16ClN2S.CH4O4S/c1-21-15(9-7-13-5-3-4-6-16(13)21)12-19-22(2)17-11-14(20)8-10-18(17)23-19;1-5-6(2,3)4/h3-12H,1-2H3;1H3,(H,2,3,4)/q+1;/p-1. The average Bonchev–Trinajstić information content (AvgIpc) is 2.99. The number of halogens is 1. The van der Waals surface area contributed by atoms with Crippen LogP contribution < -0.4 is 9.47 Å². The van der Waals surface area contributed by atoms with Crippen molar-refractivity contribution in [3.05, 3.63) is 70.3 Å². The summed E-state index contributed by atoms with van der Waals surface area (Å²) in [5.74, 6) is 0. The van der Waals surface area contributed by atoms with Crippen LogP contribution in [0.3, 0.4) is 0 Å². The van der Waals surface area contributed by atoms with Gasteiger partial charge in [0.25, 0.3) is 0 Å². The smallest absolute Gasteiger partial charge is 0.217 e. The molecular formula is C20H19ClN2O4S2. The van der Waals surface area contributed by atoms with Gasteiger partial charge in [-0.1, -0.05) is 35.5 Å². The van der Waals surface area contributed by atoms with Gasteiger partial charge in [-0.15, -0.1) is 0 Å². The van der Waals surface area contributed by atoms with E-state index >= 15 is 0 Å². The second kappa shape index (κ2) is 8.73. The van der Waals surface area contributed by atoms with Gasteiger partial charge in [0.1, 0.15) is 7.05 Å². The topological polar surface area (TPSA) is 73.5 Å². The van der Waals surface area contributed by atoms with Gasteiger partial charge >= 0.3 is 0 Å². The highest BCUT2D eigenvalue weighted by Gasteiger charge is 2.23. The van der Waals surface area contributed by atoms with Crippen molar-refractivity contribution in [2.45, 2.75) is 4.90 Å². The number of pyridine rings is 1. The Morgan fingerprint density at radius 1 is 1.17 bits per heavy atom. The number of aromatic nitrogens is 1. The Kier molecular flexibility index (Phi) is 6.50. The Hall–Kier alpha value is -2.10. The van der Waals surface area contributed by atoms with E-state index in [1.807, 2.05) is 12.1 Å². The molecule has 0 atom stereocenters. The van der Waals surface area contributed by atoms with Gasteiger partial charge in [0.15, 0.2) is 0 Å². The molecule has 29 heavy (non-hydrogen) atoms. The zero-order valence-corrected chi connectivity index (χ0v) is 18.4. The minimum Gasteiger partial charge on any atom is -0.726 e. The lowest BCUT2D eigenvalue weighted by molar-refractivity contribution is -0.646. The molecular weight excluding hydrogens is 432 g/mol. The fourth-order valence-electron chi connectivity index (χ4n) is 2.90. The van der Waals surface area contributed by atoms with E-state index in [0.717, 1.165) is 17.8 Å². The summed E-state index contributed by atoms with van der Waals surface area (Å²) < 4.78 is 33.2. The molecule has 0 spiro atoms. The number of anilines is 1. The number of aryl methyl sites for hydroxylation is 1. The van der Waals surface area contributed by atoms with Gasteiger partial charge in [0.2, 0.25) is 21.6 Å². The van der Waals surface area contributed by atoms with Crippen molar-refractivity contribution in [2.24, 2.45) is 7.05 Å². The van der Waals surface area contributed by atoms with Gasteiger partial charge in [-0.05, 0) is 30.3 Å². The lowest BCUT2D eigenvalue weighted by atomic mass is 10.2. The maximum Gasteiger partial charge on any atom is 0.217 e. The van der Waals surface area contributed by atoms with E-state index in [0.29, 0.717) is 0 Å². The fourth-order valence-corrected chi connectivity index (χ4v) is 4.14. The van der Waals surface area contributed by atoms with Crippen LogP contribution >= 0.6 is 23.4 Å². The molecule has 0 fully saturated rings. The molecule has 1 aromatic heterocycles. The van der Waals surface area contributed by atoms with Crippen molar-refractivity contribution in [2.75, 3.05) is 19.1 Å². The van der Waals surface area contributed by atoms with Gasteiger partial charge in [-0.25, -0.2) is 8.42 Å². The van der Waals surface area contributed by atoms with Crippen molar-refractivity contribution in [1.29, 1.82) is 0 Å². The first-order chi connectivity index (χ1) is 13.7. The summed E-state index contributed by atoms with van der Waals surface area (Å²) in [6.07, 6.45) is 2.23. The molecule has 0 saturated carbocycles. The quantitative estimate of drug-likeness (QED) is 0.334. The second-order valence-electron chi connectivity index (χ2n) is 6.21. The maximum absolute atomic E-state index is 9.22. The number of fused-ring (bicyclic) bond motifs is 2. The van der Waals surface area contributed by atoms with Crippen molar-refractivity contribution in [1.82, 2.24) is 0 Å². The third-order valence-corrected chi connectivity index (χ3v) is 6.23. The lowest BCUT2D eigenvalue weighted by Gasteiger charge is -2.13. The van der Waals surface area contributed by atoms with Crippen LogP contribution in [0, 0.1) is 0 Å². The molecule has 0 N–H and O–H groups in total. The molecule has 2 heterocycles. The number of para-hydroxylation sites is 1. The first-order valence-electron chi connectivity index (χ1n) is 8.51. The molecule has 0 unspecified atom stereocenters. The van der Waals surface area contributed by atoms with E-state index in [-0.39, 0.29) is 0 Å². The van der Waals surface area contributed by atoms with E-state index in [9.17, 15) is 13.0 Å². The number of hydrogen-bond donors (Lipinski definition) is 0. The molecule has 152 valence electrons. The minimum absolute atomic E-state index is 0.772. The van der Waals surface area contributed by atoms with E-state index in [4.69, 9.17) is 11.6 Å².